The largest absolute Gasteiger partial charge is 0.490 e. The van der Waals surface area contributed by atoms with Crippen molar-refractivity contribution in [2.45, 2.75) is 20.8 Å². The zero-order valence-electron chi connectivity index (χ0n) is 14.0. The Morgan fingerprint density at radius 3 is 2.36 bits per heavy atom. The predicted octanol–water partition coefficient (Wildman–Crippen LogP) is 2.44. The first-order valence-electron chi connectivity index (χ1n) is 7.35. The second kappa shape index (κ2) is 5.97. The van der Waals surface area contributed by atoms with E-state index in [1.165, 1.54) is 27.0 Å². The zero-order chi connectivity index (χ0) is 18.3. The first-order valence-corrected chi connectivity index (χ1v) is 7.35. The molecule has 25 heavy (non-hydrogen) atoms. The third-order valence-electron chi connectivity index (χ3n) is 3.47. The van der Waals surface area contributed by atoms with Gasteiger partial charge >= 0.3 is 11.9 Å². The number of furan rings is 1. The van der Waals surface area contributed by atoms with Gasteiger partial charge < -0.3 is 23.6 Å². The summed E-state index contributed by atoms with van der Waals surface area (Å²) in [6.07, 6.45) is 0. The highest BCUT2D eigenvalue weighted by Crippen LogP contribution is 2.46. The molecule has 3 aromatic rings. The van der Waals surface area contributed by atoms with Gasteiger partial charge in [0, 0.05) is 31.0 Å². The topological polar surface area (TPSA) is 108 Å². The van der Waals surface area contributed by atoms with Crippen molar-refractivity contribution < 1.29 is 28.2 Å². The number of hydrogen-bond acceptors (Lipinski definition) is 7. The molecule has 3 rings (SSSR count). The summed E-state index contributed by atoms with van der Waals surface area (Å²) >= 11 is 0. The number of aryl methyl sites for hydroxylation is 1. The first kappa shape index (κ1) is 16.6. The quantitative estimate of drug-likeness (QED) is 0.574. The number of pyridine rings is 1. The molecule has 1 N–H and O–H groups in total. The molecule has 0 spiro atoms. The summed E-state index contributed by atoms with van der Waals surface area (Å²) in [4.78, 5) is 37.8. The molecule has 8 nitrogen and oxygen atoms in total. The fourth-order valence-corrected chi connectivity index (χ4v) is 2.65. The molecule has 0 aliphatic heterocycles. The average Bonchev–Trinajstić information content (AvgIpc) is 2.84. The van der Waals surface area contributed by atoms with E-state index in [2.05, 4.69) is 4.98 Å². The van der Waals surface area contributed by atoms with Gasteiger partial charge in [-0.2, -0.15) is 0 Å². The van der Waals surface area contributed by atoms with Crippen LogP contribution < -0.4 is 19.8 Å². The molecular weight excluding hydrogens is 330 g/mol. The van der Waals surface area contributed by atoms with Crippen molar-refractivity contribution in [2.75, 3.05) is 7.11 Å². The number of aromatic amines is 1. The second-order valence-corrected chi connectivity index (χ2v) is 5.42. The van der Waals surface area contributed by atoms with Crippen molar-refractivity contribution in [1.82, 2.24) is 4.98 Å². The number of aromatic nitrogens is 1. The molecule has 0 saturated heterocycles. The van der Waals surface area contributed by atoms with E-state index < -0.39 is 11.9 Å². The lowest BCUT2D eigenvalue weighted by atomic mass is 10.1. The minimum Gasteiger partial charge on any atom is -0.490 e. The van der Waals surface area contributed by atoms with Crippen LogP contribution in [0, 0.1) is 6.92 Å². The smallest absolute Gasteiger partial charge is 0.308 e. The Labute approximate surface area is 141 Å². The van der Waals surface area contributed by atoms with Gasteiger partial charge in [0.1, 0.15) is 5.58 Å². The van der Waals surface area contributed by atoms with Crippen molar-refractivity contribution in [3.63, 3.8) is 0 Å². The number of fused-ring (bicyclic) bond motifs is 3. The summed E-state index contributed by atoms with van der Waals surface area (Å²) in [5, 5.41) is 0.655. The summed E-state index contributed by atoms with van der Waals surface area (Å²) in [5.74, 6) is -1.33. The van der Waals surface area contributed by atoms with Gasteiger partial charge in [0.15, 0.2) is 11.3 Å². The Balaban J connectivity index is 2.46. The Kier molecular flexibility index (Phi) is 3.96. The third-order valence-corrected chi connectivity index (χ3v) is 3.47. The molecule has 8 heteroatoms. The van der Waals surface area contributed by atoms with Gasteiger partial charge in [-0.1, -0.05) is 0 Å². The molecule has 0 bridgehead atoms. The van der Waals surface area contributed by atoms with E-state index in [4.69, 9.17) is 18.6 Å². The Hall–Kier alpha value is -3.29. The van der Waals surface area contributed by atoms with Crippen molar-refractivity contribution in [1.29, 1.82) is 0 Å². The van der Waals surface area contributed by atoms with Gasteiger partial charge in [0.05, 0.1) is 12.5 Å². The van der Waals surface area contributed by atoms with E-state index >= 15 is 0 Å². The van der Waals surface area contributed by atoms with Crippen molar-refractivity contribution in [3.05, 3.63) is 28.2 Å². The lowest BCUT2D eigenvalue weighted by molar-refractivity contribution is -0.134. The van der Waals surface area contributed by atoms with Crippen LogP contribution in [0.2, 0.25) is 0 Å². The predicted molar refractivity (Wildman–Crippen MR) is 88.2 cm³/mol. The van der Waals surface area contributed by atoms with Crippen molar-refractivity contribution in [2.24, 2.45) is 0 Å². The van der Waals surface area contributed by atoms with E-state index in [1.807, 2.05) is 0 Å². The molecule has 0 unspecified atom stereocenters. The molecule has 0 saturated carbocycles. The number of H-pyrrole nitrogens is 1. The molecule has 0 fully saturated rings. The van der Waals surface area contributed by atoms with Crippen molar-refractivity contribution >= 4 is 33.9 Å². The standard InChI is InChI=1S/C17H15NO7/c1-7-5-11-13(17(21)18-7)10-6-12(23-8(2)19)15(24-9(3)20)16(22-4)14(10)25-11/h5-6H,1-4H3,(H,18,21). The lowest BCUT2D eigenvalue weighted by Gasteiger charge is -2.12. The Morgan fingerprint density at radius 2 is 1.76 bits per heavy atom. The highest BCUT2D eigenvalue weighted by Gasteiger charge is 2.25. The van der Waals surface area contributed by atoms with Gasteiger partial charge in [-0.3, -0.25) is 14.4 Å². The van der Waals surface area contributed by atoms with Gasteiger partial charge in [-0.25, -0.2) is 0 Å². The normalized spacial score (nSPS) is 10.9. The Bertz CT molecular complexity index is 1070. The summed E-state index contributed by atoms with van der Waals surface area (Å²) < 4.78 is 21.3. The molecule has 0 radical (unpaired) electrons. The maximum atomic E-state index is 12.3. The van der Waals surface area contributed by atoms with Crippen LogP contribution in [-0.4, -0.2) is 24.0 Å². The molecular formula is C17H15NO7. The van der Waals surface area contributed by atoms with Crippen LogP contribution in [0.1, 0.15) is 19.5 Å². The summed E-state index contributed by atoms with van der Waals surface area (Å²) in [6, 6.07) is 3.07. The minimum absolute atomic E-state index is 0.0466. The molecule has 1 aromatic carbocycles. The number of esters is 2. The van der Waals surface area contributed by atoms with Crippen LogP contribution in [0.3, 0.4) is 0 Å². The highest BCUT2D eigenvalue weighted by molar-refractivity contribution is 6.08. The molecule has 2 aromatic heterocycles. The zero-order valence-corrected chi connectivity index (χ0v) is 14.0. The highest BCUT2D eigenvalue weighted by atomic mass is 16.6. The number of hydrogen-bond donors (Lipinski definition) is 1. The van der Waals surface area contributed by atoms with Crippen LogP contribution in [0.25, 0.3) is 21.9 Å². The average molecular weight is 345 g/mol. The fourth-order valence-electron chi connectivity index (χ4n) is 2.65. The van der Waals surface area contributed by atoms with Crippen LogP contribution in [0.5, 0.6) is 17.2 Å². The van der Waals surface area contributed by atoms with Gasteiger partial charge in [-0.05, 0) is 13.0 Å². The van der Waals surface area contributed by atoms with Gasteiger partial charge in [0.2, 0.25) is 11.5 Å². The first-order chi connectivity index (χ1) is 11.8. The molecule has 0 amide bonds. The van der Waals surface area contributed by atoms with Crippen LogP contribution in [-0.2, 0) is 9.59 Å². The molecule has 0 aliphatic rings. The number of methoxy groups -OCH3 is 1. The van der Waals surface area contributed by atoms with Gasteiger partial charge in [0.25, 0.3) is 5.56 Å². The lowest BCUT2D eigenvalue weighted by Crippen LogP contribution is -2.09. The van der Waals surface area contributed by atoms with E-state index in [0.29, 0.717) is 16.7 Å². The summed E-state index contributed by atoms with van der Waals surface area (Å²) in [5.41, 5.74) is 0.810. The van der Waals surface area contributed by atoms with Crippen LogP contribution in [0.4, 0.5) is 0 Å². The van der Waals surface area contributed by atoms with E-state index in [9.17, 15) is 14.4 Å². The monoisotopic (exact) mass is 345 g/mol. The minimum atomic E-state index is -0.629. The van der Waals surface area contributed by atoms with Crippen molar-refractivity contribution in [3.8, 4) is 17.2 Å². The summed E-state index contributed by atoms with van der Waals surface area (Å²) in [7, 11) is 1.35. The fraction of sp³-hybridized carbons (Fsp3) is 0.235. The number of carbonyl (C=O) groups excluding carboxylic acids is 2. The number of nitrogens with one attached hydrogen (secondary N) is 1. The van der Waals surface area contributed by atoms with Crippen LogP contribution in [0.15, 0.2) is 21.3 Å². The maximum absolute atomic E-state index is 12.3. The SMILES string of the molecule is COc1c(OC(C)=O)c(OC(C)=O)cc2c1oc1cc(C)[nH]c(=O)c12. The number of benzene rings is 1. The summed E-state index contributed by atoms with van der Waals surface area (Å²) in [6.45, 7) is 4.13. The molecule has 130 valence electrons. The number of rotatable bonds is 3. The molecule has 2 heterocycles. The van der Waals surface area contributed by atoms with E-state index in [0.717, 1.165) is 0 Å². The number of carbonyl (C=O) groups is 2. The third kappa shape index (κ3) is 2.82. The van der Waals surface area contributed by atoms with Crippen LogP contribution >= 0.6 is 0 Å². The van der Waals surface area contributed by atoms with E-state index in [1.54, 1.807) is 13.0 Å². The second-order valence-electron chi connectivity index (χ2n) is 5.42. The molecule has 0 aliphatic carbocycles. The van der Waals surface area contributed by atoms with Gasteiger partial charge in [-0.15, -0.1) is 0 Å². The number of ether oxygens (including phenoxy) is 3. The van der Waals surface area contributed by atoms with E-state index in [-0.39, 0.29) is 33.8 Å². The maximum Gasteiger partial charge on any atom is 0.308 e. The Morgan fingerprint density at radius 1 is 1.08 bits per heavy atom. The molecule has 0 atom stereocenters.